The van der Waals surface area contributed by atoms with Gasteiger partial charge in [-0.2, -0.15) is 18.4 Å². The molecule has 0 bridgehead atoms. The summed E-state index contributed by atoms with van der Waals surface area (Å²) in [7, 11) is 0. The van der Waals surface area contributed by atoms with Crippen LogP contribution in [-0.4, -0.2) is 55.6 Å². The number of nitro groups is 1. The zero-order valence-electron chi connectivity index (χ0n) is 89.3. The second-order valence-electron chi connectivity index (χ2n) is 38.1. The normalized spacial score (nSPS) is 10.7. The van der Waals surface area contributed by atoms with Crippen molar-refractivity contribution in [3.8, 4) is 17.4 Å². The fourth-order valence-electron chi connectivity index (χ4n) is 16.1. The van der Waals surface area contributed by atoms with E-state index in [1.165, 1.54) is 175 Å². The zero-order chi connectivity index (χ0) is 108. The summed E-state index contributed by atoms with van der Waals surface area (Å²) in [4.78, 5) is 59.2. The van der Waals surface area contributed by atoms with Gasteiger partial charge in [0.25, 0.3) is 5.69 Å². The number of nitriles is 1. The fraction of sp³-hybridized carbons (Fsp3) is 0.238. The maximum absolute atomic E-state index is 12.5. The Kier molecular flexibility index (Phi) is 44.8. The summed E-state index contributed by atoms with van der Waals surface area (Å²) in [5, 5.41) is 21.9. The molecular formula is C130H135BrF3N11O4. The van der Waals surface area contributed by atoms with Gasteiger partial charge in [0.1, 0.15) is 5.76 Å². The van der Waals surface area contributed by atoms with Gasteiger partial charge in [-0.1, -0.05) is 186 Å². The highest BCUT2D eigenvalue weighted by molar-refractivity contribution is 9.10. The van der Waals surface area contributed by atoms with Crippen LogP contribution in [0.15, 0.2) is 357 Å². The zero-order valence-corrected chi connectivity index (χ0v) is 90.9. The Morgan fingerprint density at radius 1 is 0.396 bits per heavy atom. The van der Waals surface area contributed by atoms with Crippen LogP contribution in [0.25, 0.3) is 22.1 Å². The van der Waals surface area contributed by atoms with Crippen LogP contribution < -0.4 is 0 Å². The first-order chi connectivity index (χ1) is 71.4. The van der Waals surface area contributed by atoms with Crippen molar-refractivity contribution in [2.24, 2.45) is 0 Å². The molecule has 149 heavy (non-hydrogen) atoms. The lowest BCUT2D eigenvalue weighted by atomic mass is 9.96. The van der Waals surface area contributed by atoms with Crippen LogP contribution in [-0.2, 0) is 51.1 Å². The Balaban J connectivity index is 0.000000172. The van der Waals surface area contributed by atoms with Gasteiger partial charge >= 0.3 is 6.18 Å². The van der Waals surface area contributed by atoms with Crippen molar-refractivity contribution in [3.05, 3.63) is 552 Å². The summed E-state index contributed by atoms with van der Waals surface area (Å²) in [5.74, 6) is 1.61. The van der Waals surface area contributed by atoms with E-state index in [1.807, 2.05) is 193 Å². The lowest BCUT2D eigenvalue weighted by molar-refractivity contribution is -0.384. The number of hydrogen-bond donors (Lipinski definition) is 0. The lowest BCUT2D eigenvalue weighted by Gasteiger charge is -2.10. The Labute approximate surface area is 886 Å². The largest absolute Gasteiger partial charge is 0.464 e. The molecule has 762 valence electrons. The molecule has 0 saturated carbocycles. The number of carbonyl (C=O) groups is 1. The van der Waals surface area contributed by atoms with E-state index in [9.17, 15) is 28.1 Å². The number of aromatic nitrogens is 9. The molecule has 10 aromatic heterocycles. The van der Waals surface area contributed by atoms with E-state index in [4.69, 9.17) is 9.68 Å². The summed E-state index contributed by atoms with van der Waals surface area (Å²) >= 11 is 3.44. The molecule has 18 aromatic rings. The monoisotopic (exact) mass is 2050 g/mol. The maximum Gasteiger partial charge on any atom is 0.416 e. The summed E-state index contributed by atoms with van der Waals surface area (Å²) in [6.45, 7) is 41.6. The third-order valence-corrected chi connectivity index (χ3v) is 27.2. The molecule has 0 N–H and O–H groups in total. The van der Waals surface area contributed by atoms with Gasteiger partial charge in [0.05, 0.1) is 28.4 Å². The van der Waals surface area contributed by atoms with Crippen LogP contribution in [0.3, 0.4) is 0 Å². The van der Waals surface area contributed by atoms with E-state index in [0.29, 0.717) is 17.9 Å². The molecule has 1 atom stereocenters. The van der Waals surface area contributed by atoms with E-state index >= 15 is 0 Å². The number of rotatable bonds is 21. The second-order valence-corrected chi connectivity index (χ2v) is 39.0. The lowest BCUT2D eigenvalue weighted by Crippen LogP contribution is -2.04. The number of alkyl halides is 3. The number of nitro benzene ring substituents is 1. The number of non-ortho nitro benzene ring substituents is 1. The van der Waals surface area contributed by atoms with E-state index < -0.39 is 11.7 Å². The highest BCUT2D eigenvalue weighted by Gasteiger charge is 2.30. The van der Waals surface area contributed by atoms with Crippen molar-refractivity contribution in [3.63, 3.8) is 0 Å². The molecule has 15 nitrogen and oxygen atoms in total. The summed E-state index contributed by atoms with van der Waals surface area (Å²) in [5.41, 5.74) is 41.7. The number of furan rings is 1. The van der Waals surface area contributed by atoms with Gasteiger partial charge in [-0.05, 0) is 433 Å². The van der Waals surface area contributed by atoms with Crippen LogP contribution >= 0.6 is 15.9 Å². The first kappa shape index (κ1) is 115. The van der Waals surface area contributed by atoms with Crippen molar-refractivity contribution in [1.29, 1.82) is 5.26 Å². The SMILES string of the molecule is CC(=O)c1ccc(Cc2cncc(C)c2C)cc1.CC(C)=CCCC(C)c1cncc(C)c1.Cc1cncc(Cc2ccc(Br)cc2)c1C.Cc1cncc(Cc2ccc(C#N)cc2)c1C.Cc1cncc(Cc2ccc(C(F)(F)F)cc2)c1C.Cc1cncc(Cc2ccc([N+](=O)[O-])cc2)c1C.Cc1cncc(Cc2cccc3ccccc23)c1C.Cc1cncc(Cc2ccccc2)c1C.Cc1cnccc1-c1ccco1. The number of pyridine rings is 9. The van der Waals surface area contributed by atoms with Gasteiger partial charge in [0, 0.05) is 139 Å². The number of nitrogens with zero attached hydrogens (tertiary/aromatic N) is 11. The molecule has 0 radical (unpaired) electrons. The topological polar surface area (TPSA) is 213 Å². The van der Waals surface area contributed by atoms with E-state index in [-0.39, 0.29) is 16.4 Å². The van der Waals surface area contributed by atoms with E-state index in [2.05, 4.69) is 274 Å². The number of benzene rings is 8. The van der Waals surface area contributed by atoms with E-state index in [1.54, 1.807) is 43.9 Å². The van der Waals surface area contributed by atoms with E-state index in [0.717, 1.165) is 123 Å². The highest BCUT2D eigenvalue weighted by atomic mass is 79.9. The first-order valence-electron chi connectivity index (χ1n) is 49.9. The molecule has 0 saturated heterocycles. The second kappa shape index (κ2) is 57.9. The van der Waals surface area contributed by atoms with Gasteiger partial charge in [-0.15, -0.1) is 0 Å². The number of ketones is 1. The molecular weight excluding hydrogens is 1920 g/mol. The third-order valence-electron chi connectivity index (χ3n) is 26.7. The molecule has 19 heteroatoms. The number of fused-ring (bicyclic) bond motifs is 1. The number of aryl methyl sites for hydroxylation is 9. The van der Waals surface area contributed by atoms with Gasteiger partial charge in [0.2, 0.25) is 0 Å². The van der Waals surface area contributed by atoms with Crippen molar-refractivity contribution in [1.82, 2.24) is 44.9 Å². The molecule has 8 aromatic carbocycles. The minimum atomic E-state index is -4.28. The van der Waals surface area contributed by atoms with Crippen LogP contribution in [0.4, 0.5) is 18.9 Å². The van der Waals surface area contributed by atoms with Crippen molar-refractivity contribution < 1.29 is 27.3 Å². The number of hydrogen-bond acceptors (Lipinski definition) is 14. The van der Waals surface area contributed by atoms with Crippen LogP contribution in [0.1, 0.15) is 240 Å². The van der Waals surface area contributed by atoms with Gasteiger partial charge in [-0.3, -0.25) is 59.8 Å². The third kappa shape index (κ3) is 36.7. The smallest absolute Gasteiger partial charge is 0.416 e. The molecule has 1 unspecified atom stereocenters. The Bertz CT molecular complexity index is 7340. The predicted octanol–water partition coefficient (Wildman–Crippen LogP) is 32.8. The van der Waals surface area contributed by atoms with Crippen LogP contribution in [0.5, 0.6) is 0 Å². The van der Waals surface area contributed by atoms with Gasteiger partial charge in [0.15, 0.2) is 5.78 Å². The molecule has 10 heterocycles. The standard InChI is InChI=1S/C18H17N.C16H17NO.C15H14F3N.C15H14N2.C14H14BrN.C14H14N2O2.C14H15N.C14H21N.C10H9NO/c1-13-11-19-12-17(14(13)2)10-16-8-5-7-15-6-3-4-9-18(15)16;1-11-9-17-10-16(12(11)2)8-14-4-6-15(7-5-14)13(3)18;1-10-8-19-9-13(11(10)2)7-12-3-5-14(6-4-12)15(16,17)18;1-11-9-17-10-15(12(11)2)7-13-3-5-14(8-16)6-4-13;1-10-8-16-9-13(11(10)2)7-12-3-5-14(15)6-4-12;1-10-8-15-9-13(11(10)2)7-12-3-5-14(6-4-12)16(17)18;1-11-9-15-10-14(12(11)2)8-13-6-4-3-5-7-13;1-11(2)6-5-7-13(4)14-8-12(3)9-15-10-14;1-8-7-11-5-4-9(8)10-3-2-6-12-10/h3-9,11-12H,10H2,1-2H3;4-7,9-10H,8H2,1-3H3;3-6,8-9H,7H2,1-2H3;3-6,9-10H,7H2,1-2H3;3-6,8-9H,7H2,1-2H3;3-6,8-9H,7H2,1-2H3;3-7,9-10H,8H2,1-2H3;6,8-10,13H,5,7H2,1-4H3;2-7H,1H3. The number of carbonyl (C=O) groups excluding carboxylic acids is 1. The van der Waals surface area contributed by atoms with Crippen LogP contribution in [0, 0.1) is 132 Å². The average molecular weight is 2050 g/mol. The summed E-state index contributed by atoms with van der Waals surface area (Å²) < 4.78 is 43.8. The Morgan fingerprint density at radius 2 is 0.758 bits per heavy atom. The number of halogens is 4. The van der Waals surface area contributed by atoms with Gasteiger partial charge < -0.3 is 4.42 Å². The quantitative estimate of drug-likeness (QED) is 0.0283. The van der Waals surface area contributed by atoms with Crippen molar-refractivity contribution >= 4 is 38.2 Å². The predicted molar refractivity (Wildman–Crippen MR) is 605 cm³/mol. The molecule has 18 rings (SSSR count). The minimum Gasteiger partial charge on any atom is -0.464 e. The minimum absolute atomic E-state index is 0.106. The molecule has 0 aliphatic carbocycles. The number of Topliss-reactive ketones (excluding diaryl/α,β-unsaturated/α-hetero) is 1. The molecule has 0 spiro atoms. The van der Waals surface area contributed by atoms with Crippen molar-refractivity contribution in [2.75, 3.05) is 0 Å². The Hall–Kier alpha value is -15.8. The average Bonchev–Trinajstić information content (AvgIpc) is 1.80. The molecule has 0 fully saturated rings. The van der Waals surface area contributed by atoms with Crippen LogP contribution in [0.2, 0.25) is 0 Å². The first-order valence-corrected chi connectivity index (χ1v) is 50.7. The summed E-state index contributed by atoms with van der Waals surface area (Å²) in [6.07, 6.45) is 42.0. The van der Waals surface area contributed by atoms with Crippen molar-refractivity contribution in [2.45, 2.75) is 208 Å². The maximum atomic E-state index is 12.5. The van der Waals surface area contributed by atoms with Gasteiger partial charge in [-0.25, -0.2) is 0 Å². The fourth-order valence-corrected chi connectivity index (χ4v) is 16.4. The summed E-state index contributed by atoms with van der Waals surface area (Å²) in [6, 6.07) is 71.6. The Morgan fingerprint density at radius 3 is 1.13 bits per heavy atom. The molecule has 0 aliphatic heterocycles. The molecule has 0 aliphatic rings. The number of allylic oxidation sites excluding steroid dienone is 2. The molecule has 0 amide bonds. The highest BCUT2D eigenvalue weighted by Crippen LogP contribution is 2.32.